The summed E-state index contributed by atoms with van der Waals surface area (Å²) in [5, 5.41) is 8.91. The molecular weight excluding hydrogens is 322 g/mol. The van der Waals surface area contributed by atoms with Crippen LogP contribution < -0.4 is 0 Å². The maximum absolute atomic E-state index is 12.3. The second-order valence-corrected chi connectivity index (χ2v) is 7.23. The monoisotopic (exact) mass is 333 g/mol. The van der Waals surface area contributed by atoms with Gasteiger partial charge in [0.05, 0.1) is 23.9 Å². The molecule has 1 unspecified atom stereocenters. The summed E-state index contributed by atoms with van der Waals surface area (Å²) in [6.45, 7) is -0.604. The number of aromatic nitrogens is 2. The summed E-state index contributed by atoms with van der Waals surface area (Å²) in [5.74, 6) is -2.25. The van der Waals surface area contributed by atoms with Crippen molar-refractivity contribution in [1.29, 1.82) is 0 Å². The van der Waals surface area contributed by atoms with Crippen LogP contribution in [0.1, 0.15) is 16.9 Å². The molecule has 0 saturated carbocycles. The second-order valence-electron chi connectivity index (χ2n) is 4.61. The van der Waals surface area contributed by atoms with Gasteiger partial charge >= 0.3 is 5.97 Å². The third-order valence-electron chi connectivity index (χ3n) is 3.04. The lowest BCUT2D eigenvalue weighted by Gasteiger charge is -2.26. The van der Waals surface area contributed by atoms with Gasteiger partial charge in [0.2, 0.25) is 0 Å². The number of carbonyl (C=O) groups excluding carboxylic acids is 1. The predicted octanol–water partition coefficient (Wildman–Crippen LogP) is -0.156. The molecule has 0 bridgehead atoms. The third kappa shape index (κ3) is 3.88. The van der Waals surface area contributed by atoms with Crippen LogP contribution in [0.5, 0.6) is 0 Å². The minimum absolute atomic E-state index is 0.00447. The van der Waals surface area contributed by atoms with Crippen LogP contribution in [-0.2, 0) is 14.6 Å². The zero-order chi connectivity index (χ0) is 15.6. The molecule has 10 heteroatoms. The summed E-state index contributed by atoms with van der Waals surface area (Å²) in [7, 11) is -3.25. The molecule has 2 rings (SSSR count). The van der Waals surface area contributed by atoms with Gasteiger partial charge < -0.3 is 10.0 Å². The fourth-order valence-corrected chi connectivity index (χ4v) is 4.00. The first-order valence-corrected chi connectivity index (χ1v) is 8.19. The van der Waals surface area contributed by atoms with Crippen LogP contribution in [0.25, 0.3) is 0 Å². The Labute approximate surface area is 125 Å². The Hall–Kier alpha value is -1.74. The quantitative estimate of drug-likeness (QED) is 0.813. The van der Waals surface area contributed by atoms with Crippen molar-refractivity contribution in [2.24, 2.45) is 0 Å². The van der Waals surface area contributed by atoms with Crippen molar-refractivity contribution in [3.63, 3.8) is 0 Å². The topological polar surface area (TPSA) is 118 Å². The van der Waals surface area contributed by atoms with Gasteiger partial charge in [-0.1, -0.05) is 11.6 Å². The molecule has 0 radical (unpaired) electrons. The molecule has 2 heterocycles. The number of carboxylic acid groups (broad SMARTS) is 1. The lowest BCUT2D eigenvalue weighted by Crippen LogP contribution is -2.44. The fraction of sp³-hybridized carbons (Fsp3) is 0.455. The second kappa shape index (κ2) is 5.94. The lowest BCUT2D eigenvalue weighted by atomic mass is 10.2. The van der Waals surface area contributed by atoms with Gasteiger partial charge in [-0.25, -0.2) is 13.4 Å². The number of carboxylic acids is 1. The summed E-state index contributed by atoms with van der Waals surface area (Å²) in [4.78, 5) is 31.7. The Balaban J connectivity index is 2.28. The zero-order valence-electron chi connectivity index (χ0n) is 10.8. The standard InChI is InChI=1S/C11H12ClN3O5S/c12-9-4-13-3-8(14-9)11(18)15(5-10(16)17)7-1-2-21(19,20)6-7/h3-4,7H,1-2,5-6H2,(H,16,17). The minimum Gasteiger partial charge on any atom is -0.480 e. The first-order valence-electron chi connectivity index (χ1n) is 5.99. The van der Waals surface area contributed by atoms with E-state index in [2.05, 4.69) is 9.97 Å². The van der Waals surface area contributed by atoms with Crippen molar-refractivity contribution >= 4 is 33.3 Å². The number of nitrogens with zero attached hydrogens (tertiary/aromatic N) is 3. The van der Waals surface area contributed by atoms with Gasteiger partial charge in [0, 0.05) is 6.04 Å². The van der Waals surface area contributed by atoms with Crippen molar-refractivity contribution in [3.05, 3.63) is 23.2 Å². The summed E-state index contributed by atoms with van der Waals surface area (Å²) < 4.78 is 23.0. The number of carbonyl (C=O) groups is 2. The van der Waals surface area contributed by atoms with E-state index < -0.39 is 34.3 Å². The molecule has 21 heavy (non-hydrogen) atoms. The number of halogens is 1. The highest BCUT2D eigenvalue weighted by molar-refractivity contribution is 7.91. The van der Waals surface area contributed by atoms with E-state index in [4.69, 9.17) is 16.7 Å². The number of aliphatic carboxylic acids is 1. The molecule has 1 atom stereocenters. The van der Waals surface area contributed by atoms with Crippen molar-refractivity contribution < 1.29 is 23.1 Å². The molecule has 1 N–H and O–H groups in total. The van der Waals surface area contributed by atoms with E-state index >= 15 is 0 Å². The van der Waals surface area contributed by atoms with Gasteiger partial charge in [0.15, 0.2) is 9.84 Å². The van der Waals surface area contributed by atoms with E-state index in [0.29, 0.717) is 0 Å². The van der Waals surface area contributed by atoms with E-state index in [-0.39, 0.29) is 28.8 Å². The molecule has 1 amide bonds. The van der Waals surface area contributed by atoms with E-state index in [1.54, 1.807) is 0 Å². The SMILES string of the molecule is O=C(O)CN(C(=O)c1cncc(Cl)n1)C1CCS(=O)(=O)C1. The van der Waals surface area contributed by atoms with Crippen molar-refractivity contribution in [1.82, 2.24) is 14.9 Å². The Morgan fingerprint density at radius 1 is 1.43 bits per heavy atom. The average Bonchev–Trinajstić information content (AvgIpc) is 2.75. The summed E-state index contributed by atoms with van der Waals surface area (Å²) in [6, 6.07) is -0.681. The highest BCUT2D eigenvalue weighted by Crippen LogP contribution is 2.19. The van der Waals surface area contributed by atoms with Crippen LogP contribution in [0.2, 0.25) is 5.15 Å². The molecule has 1 aromatic heterocycles. The molecule has 0 aliphatic carbocycles. The Morgan fingerprint density at radius 2 is 2.14 bits per heavy atom. The van der Waals surface area contributed by atoms with Gasteiger partial charge in [-0.2, -0.15) is 0 Å². The average molecular weight is 334 g/mol. The van der Waals surface area contributed by atoms with E-state index in [0.717, 1.165) is 11.1 Å². The Kier molecular flexibility index (Phi) is 4.43. The van der Waals surface area contributed by atoms with E-state index in [1.165, 1.54) is 6.20 Å². The number of hydrogen-bond donors (Lipinski definition) is 1. The van der Waals surface area contributed by atoms with Crippen LogP contribution in [-0.4, -0.2) is 64.4 Å². The van der Waals surface area contributed by atoms with E-state index in [1.807, 2.05) is 0 Å². The summed E-state index contributed by atoms with van der Waals surface area (Å²) >= 11 is 5.65. The van der Waals surface area contributed by atoms with Crippen molar-refractivity contribution in [2.75, 3.05) is 18.1 Å². The van der Waals surface area contributed by atoms with Crippen LogP contribution in [0.3, 0.4) is 0 Å². The molecule has 0 spiro atoms. The van der Waals surface area contributed by atoms with Crippen LogP contribution >= 0.6 is 11.6 Å². The van der Waals surface area contributed by atoms with Gasteiger partial charge in [0.25, 0.3) is 5.91 Å². The molecule has 0 aromatic carbocycles. The van der Waals surface area contributed by atoms with Gasteiger partial charge in [-0.15, -0.1) is 0 Å². The first kappa shape index (κ1) is 15.6. The van der Waals surface area contributed by atoms with Gasteiger partial charge in [0.1, 0.15) is 17.4 Å². The fourth-order valence-electron chi connectivity index (χ4n) is 2.13. The molecule has 1 saturated heterocycles. The van der Waals surface area contributed by atoms with Gasteiger partial charge in [-0.3, -0.25) is 14.6 Å². The Bertz CT molecular complexity index is 678. The number of sulfone groups is 1. The maximum Gasteiger partial charge on any atom is 0.323 e. The normalized spacial score (nSPS) is 20.1. The number of amides is 1. The van der Waals surface area contributed by atoms with Crippen LogP contribution in [0.4, 0.5) is 0 Å². The molecule has 1 fully saturated rings. The molecule has 114 valence electrons. The molecule has 1 aromatic rings. The third-order valence-corrected chi connectivity index (χ3v) is 4.97. The van der Waals surface area contributed by atoms with Crippen molar-refractivity contribution in [2.45, 2.75) is 12.5 Å². The zero-order valence-corrected chi connectivity index (χ0v) is 12.3. The van der Waals surface area contributed by atoms with Crippen LogP contribution in [0, 0.1) is 0 Å². The Morgan fingerprint density at radius 3 is 2.67 bits per heavy atom. The van der Waals surface area contributed by atoms with Crippen LogP contribution in [0.15, 0.2) is 12.4 Å². The summed E-state index contributed by atoms with van der Waals surface area (Å²) in [5.41, 5.74) is -0.118. The minimum atomic E-state index is -3.25. The number of hydrogen-bond acceptors (Lipinski definition) is 6. The molecule has 8 nitrogen and oxygen atoms in total. The lowest BCUT2D eigenvalue weighted by molar-refractivity contribution is -0.138. The van der Waals surface area contributed by atoms with Gasteiger partial charge in [-0.05, 0) is 6.42 Å². The number of rotatable bonds is 4. The predicted molar refractivity (Wildman–Crippen MR) is 72.8 cm³/mol. The summed E-state index contributed by atoms with van der Waals surface area (Å²) in [6.07, 6.45) is 2.60. The molecule has 1 aliphatic heterocycles. The smallest absolute Gasteiger partial charge is 0.323 e. The molecular formula is C11H12ClN3O5S. The first-order chi connectivity index (χ1) is 9.78. The molecule has 1 aliphatic rings. The maximum atomic E-state index is 12.3. The largest absolute Gasteiger partial charge is 0.480 e. The highest BCUT2D eigenvalue weighted by atomic mass is 35.5. The van der Waals surface area contributed by atoms with E-state index in [9.17, 15) is 18.0 Å². The van der Waals surface area contributed by atoms with Crippen molar-refractivity contribution in [3.8, 4) is 0 Å². The highest BCUT2D eigenvalue weighted by Gasteiger charge is 2.36.